The molecule has 1 amide bonds. The molecule has 1 aromatic carbocycles. The van der Waals surface area contributed by atoms with Gasteiger partial charge in [0.05, 0.1) is 0 Å². The van der Waals surface area contributed by atoms with E-state index in [1.165, 1.54) is 62.7 Å². The molecule has 5 rings (SSSR count). The van der Waals surface area contributed by atoms with E-state index in [1.807, 2.05) is 18.2 Å². The van der Waals surface area contributed by atoms with Crippen LogP contribution in [0.2, 0.25) is 0 Å². The molecule has 0 radical (unpaired) electrons. The third-order valence-corrected chi connectivity index (χ3v) is 10.3. The van der Waals surface area contributed by atoms with Crippen LogP contribution in [0.15, 0.2) is 18.2 Å². The molecule has 4 aliphatic rings. The lowest BCUT2D eigenvalue weighted by Crippen LogP contribution is -2.44. The highest BCUT2D eigenvalue weighted by Crippen LogP contribution is 2.65. The number of benzene rings is 1. The average molecular weight is 460 g/mol. The zero-order valence-electron chi connectivity index (χ0n) is 19.6. The monoisotopic (exact) mass is 459 g/mol. The van der Waals surface area contributed by atoms with E-state index in [9.17, 15) is 14.3 Å². The summed E-state index contributed by atoms with van der Waals surface area (Å²) in [6, 6.07) is 5.83. The molecule has 176 valence electrons. The Bertz CT molecular complexity index is 902. The molecule has 0 bridgehead atoms. The molecule has 2 aliphatic carbocycles. The molecule has 1 spiro atoms. The standard InChI is InChI=1S/C26H38NO4P/c1-18-5-10-21(32(2,29)30)16-22(18)19-6-8-20(9-7-19)23-17-26(23)11-13-27(14-12-26)25(28)24-4-3-15-31-24/h5,10,16,19-20,23-24H,3-4,6-9,11-15,17H2,1-2H3,(H,29,30)/t19?,20?,23-,24-/m1/s1. The summed E-state index contributed by atoms with van der Waals surface area (Å²) in [5.74, 6) is 2.39. The molecular weight excluding hydrogens is 421 g/mol. The number of carbonyl (C=O) groups excluding carboxylic acids is 1. The van der Waals surface area contributed by atoms with E-state index in [0.717, 1.165) is 44.4 Å². The number of hydrogen-bond donors (Lipinski definition) is 1. The van der Waals surface area contributed by atoms with Crippen molar-refractivity contribution in [3.8, 4) is 0 Å². The Morgan fingerprint density at radius 3 is 2.50 bits per heavy atom. The van der Waals surface area contributed by atoms with E-state index in [1.54, 1.807) is 0 Å². The third kappa shape index (κ3) is 4.33. The van der Waals surface area contributed by atoms with Crippen LogP contribution in [0, 0.1) is 24.2 Å². The van der Waals surface area contributed by atoms with Gasteiger partial charge in [0.25, 0.3) is 5.91 Å². The Morgan fingerprint density at radius 2 is 1.88 bits per heavy atom. The average Bonchev–Trinajstić information content (AvgIpc) is 3.20. The Labute approximate surface area is 192 Å². The number of hydrogen-bond acceptors (Lipinski definition) is 3. The van der Waals surface area contributed by atoms with Gasteiger partial charge >= 0.3 is 0 Å². The van der Waals surface area contributed by atoms with Crippen LogP contribution < -0.4 is 5.30 Å². The van der Waals surface area contributed by atoms with Gasteiger partial charge < -0.3 is 14.5 Å². The quantitative estimate of drug-likeness (QED) is 0.668. The summed E-state index contributed by atoms with van der Waals surface area (Å²) < 4.78 is 17.8. The van der Waals surface area contributed by atoms with Gasteiger partial charge in [0.15, 0.2) is 0 Å². The van der Waals surface area contributed by atoms with Crippen molar-refractivity contribution < 1.29 is 19.0 Å². The highest BCUT2D eigenvalue weighted by molar-refractivity contribution is 7.65. The number of piperidine rings is 1. The van der Waals surface area contributed by atoms with E-state index < -0.39 is 7.37 Å². The van der Waals surface area contributed by atoms with Crippen molar-refractivity contribution >= 4 is 18.6 Å². The lowest BCUT2D eigenvalue weighted by molar-refractivity contribution is -0.142. The normalized spacial score (nSPS) is 33.8. The van der Waals surface area contributed by atoms with E-state index in [4.69, 9.17) is 4.74 Å². The van der Waals surface area contributed by atoms with Crippen molar-refractivity contribution in [2.45, 2.75) is 76.7 Å². The number of amides is 1. The summed E-state index contributed by atoms with van der Waals surface area (Å²) in [5, 5.41) is 0.589. The molecule has 1 aromatic rings. The summed E-state index contributed by atoms with van der Waals surface area (Å²) in [7, 11) is -3.21. The summed E-state index contributed by atoms with van der Waals surface area (Å²) in [5.41, 5.74) is 3.02. The molecule has 1 N–H and O–H groups in total. The minimum atomic E-state index is -3.21. The lowest BCUT2D eigenvalue weighted by atomic mass is 9.74. The van der Waals surface area contributed by atoms with Crippen molar-refractivity contribution in [2.24, 2.45) is 17.3 Å². The first-order chi connectivity index (χ1) is 15.3. The second kappa shape index (κ2) is 8.56. The topological polar surface area (TPSA) is 66.8 Å². The highest BCUT2D eigenvalue weighted by Gasteiger charge is 2.58. The molecule has 0 aromatic heterocycles. The fourth-order valence-corrected chi connectivity index (χ4v) is 7.66. The van der Waals surface area contributed by atoms with Gasteiger partial charge in [0, 0.05) is 31.7 Å². The molecule has 2 heterocycles. The molecule has 5 nitrogen and oxygen atoms in total. The van der Waals surface area contributed by atoms with E-state index >= 15 is 0 Å². The summed E-state index contributed by atoms with van der Waals surface area (Å²) >= 11 is 0. The predicted octanol–water partition coefficient (Wildman–Crippen LogP) is 4.60. The van der Waals surface area contributed by atoms with Crippen LogP contribution in [-0.4, -0.2) is 48.2 Å². The molecule has 1 unspecified atom stereocenters. The first-order valence-electron chi connectivity index (χ1n) is 12.6. The molecule has 2 saturated heterocycles. The van der Waals surface area contributed by atoms with E-state index in [0.29, 0.717) is 16.6 Å². The van der Waals surface area contributed by atoms with Crippen LogP contribution in [0.1, 0.15) is 74.8 Å². The molecule has 3 atom stereocenters. The lowest BCUT2D eigenvalue weighted by Gasteiger charge is -2.36. The van der Waals surface area contributed by atoms with Crippen LogP contribution in [-0.2, 0) is 14.1 Å². The summed E-state index contributed by atoms with van der Waals surface area (Å²) in [4.78, 5) is 24.7. The van der Waals surface area contributed by atoms with Gasteiger partial charge in [-0.2, -0.15) is 0 Å². The minimum Gasteiger partial charge on any atom is -0.368 e. The summed E-state index contributed by atoms with van der Waals surface area (Å²) in [6.07, 6.45) is 10.3. The maximum Gasteiger partial charge on any atom is 0.251 e. The molecule has 4 fully saturated rings. The van der Waals surface area contributed by atoms with Crippen LogP contribution in [0.4, 0.5) is 0 Å². The van der Waals surface area contributed by atoms with Gasteiger partial charge in [0.2, 0.25) is 7.37 Å². The fraction of sp³-hybridized carbons (Fsp3) is 0.731. The van der Waals surface area contributed by atoms with Gasteiger partial charge in [-0.25, -0.2) is 0 Å². The smallest absolute Gasteiger partial charge is 0.251 e. The van der Waals surface area contributed by atoms with E-state index in [2.05, 4.69) is 11.8 Å². The Morgan fingerprint density at radius 1 is 1.16 bits per heavy atom. The van der Waals surface area contributed by atoms with Crippen LogP contribution in [0.3, 0.4) is 0 Å². The van der Waals surface area contributed by atoms with E-state index in [-0.39, 0.29) is 12.0 Å². The van der Waals surface area contributed by atoms with Crippen molar-refractivity contribution in [1.82, 2.24) is 4.90 Å². The first kappa shape index (κ1) is 22.6. The molecule has 2 aliphatic heterocycles. The maximum atomic E-state index is 12.7. The van der Waals surface area contributed by atoms with Crippen LogP contribution in [0.25, 0.3) is 0 Å². The van der Waals surface area contributed by atoms with Crippen molar-refractivity contribution in [3.63, 3.8) is 0 Å². The number of carbonyl (C=O) groups is 1. The van der Waals surface area contributed by atoms with Gasteiger partial charge in [-0.15, -0.1) is 0 Å². The van der Waals surface area contributed by atoms with Gasteiger partial charge in [0.1, 0.15) is 6.10 Å². The van der Waals surface area contributed by atoms with Crippen LogP contribution in [0.5, 0.6) is 0 Å². The number of nitrogens with zero attached hydrogens (tertiary/aromatic N) is 1. The minimum absolute atomic E-state index is 0.177. The zero-order valence-corrected chi connectivity index (χ0v) is 20.5. The van der Waals surface area contributed by atoms with Gasteiger partial charge in [-0.05, 0) is 111 Å². The van der Waals surface area contributed by atoms with Crippen molar-refractivity contribution in [1.29, 1.82) is 0 Å². The Hall–Kier alpha value is -1.16. The molecule has 2 saturated carbocycles. The largest absolute Gasteiger partial charge is 0.368 e. The first-order valence-corrected chi connectivity index (χ1v) is 14.7. The SMILES string of the molecule is Cc1ccc(P(C)(=O)O)cc1C1CCC([C@H]2CC23CCN(C(=O)[C@H]2CCCO2)CC3)CC1. The van der Waals surface area contributed by atoms with Crippen LogP contribution >= 0.6 is 7.37 Å². The Balaban J connectivity index is 1.15. The Kier molecular flexibility index (Phi) is 6.05. The molecule has 6 heteroatoms. The third-order valence-electron chi connectivity index (χ3n) is 9.05. The summed E-state index contributed by atoms with van der Waals surface area (Å²) in [6.45, 7) is 6.12. The molecular formula is C26H38NO4P. The zero-order chi connectivity index (χ0) is 22.5. The number of rotatable bonds is 4. The second-order valence-electron chi connectivity index (χ2n) is 11.0. The van der Waals surface area contributed by atoms with Gasteiger partial charge in [-0.1, -0.05) is 6.07 Å². The number of aryl methyl sites for hydroxylation is 1. The highest BCUT2D eigenvalue weighted by atomic mass is 31.2. The van der Waals surface area contributed by atoms with Crippen molar-refractivity contribution in [3.05, 3.63) is 29.3 Å². The maximum absolute atomic E-state index is 12.7. The number of ether oxygens (including phenoxy) is 1. The fourth-order valence-electron chi connectivity index (χ4n) is 6.93. The second-order valence-corrected chi connectivity index (χ2v) is 13.3. The van der Waals surface area contributed by atoms with Crippen molar-refractivity contribution in [2.75, 3.05) is 26.4 Å². The predicted molar refractivity (Wildman–Crippen MR) is 127 cm³/mol. The molecule has 32 heavy (non-hydrogen) atoms. The van der Waals surface area contributed by atoms with Gasteiger partial charge in [-0.3, -0.25) is 9.36 Å². The number of likely N-dealkylation sites (tertiary alicyclic amines) is 1.